The number of nitrogens with one attached hydrogen (secondary N) is 1. The maximum Gasteiger partial charge on any atom is 0.0403 e. The van der Waals surface area contributed by atoms with E-state index < -0.39 is 0 Å². The highest BCUT2D eigenvalue weighted by atomic mass is 15.1. The largest absolute Gasteiger partial charge is 0.388 e. The molecule has 1 N–H and O–H groups in total. The summed E-state index contributed by atoms with van der Waals surface area (Å²) in [6, 6.07) is 23.1. The first-order chi connectivity index (χ1) is 20.2. The Bertz CT molecular complexity index is 1230. The van der Waals surface area contributed by atoms with Crippen molar-refractivity contribution in [2.75, 3.05) is 44.4 Å². The fourth-order valence-electron chi connectivity index (χ4n) is 4.12. The lowest BCUT2D eigenvalue weighted by atomic mass is 10.0. The smallest absolute Gasteiger partial charge is 0.0403 e. The second-order valence-corrected chi connectivity index (χ2v) is 10.3. The van der Waals surface area contributed by atoms with Crippen LogP contribution in [0.2, 0.25) is 0 Å². The van der Waals surface area contributed by atoms with Crippen molar-refractivity contribution in [3.63, 3.8) is 0 Å². The van der Waals surface area contributed by atoms with Crippen LogP contribution in [0.1, 0.15) is 48.1 Å². The van der Waals surface area contributed by atoms with Gasteiger partial charge in [-0.25, -0.2) is 0 Å². The van der Waals surface area contributed by atoms with E-state index in [1.165, 1.54) is 46.5 Å². The molecule has 0 aliphatic carbocycles. The van der Waals surface area contributed by atoms with E-state index in [0.29, 0.717) is 0 Å². The van der Waals surface area contributed by atoms with Gasteiger partial charge in [0.1, 0.15) is 0 Å². The molecular formula is C39H53N3. The molecule has 0 radical (unpaired) electrons. The quantitative estimate of drug-likeness (QED) is 0.217. The minimum absolute atomic E-state index is 1.10. The lowest BCUT2D eigenvalue weighted by Gasteiger charge is -2.13. The molecule has 1 heterocycles. The van der Waals surface area contributed by atoms with Crippen LogP contribution in [0.15, 0.2) is 117 Å². The molecule has 1 saturated heterocycles. The molecule has 0 bridgehead atoms. The van der Waals surface area contributed by atoms with Crippen molar-refractivity contribution in [1.82, 2.24) is 4.90 Å². The Hall–Kier alpha value is -4.08. The van der Waals surface area contributed by atoms with Crippen LogP contribution in [0.25, 0.3) is 12.2 Å². The maximum atomic E-state index is 3.86. The van der Waals surface area contributed by atoms with Crippen molar-refractivity contribution in [3.8, 4) is 0 Å². The van der Waals surface area contributed by atoms with Crippen molar-refractivity contribution in [2.24, 2.45) is 0 Å². The molecule has 3 aromatic carbocycles. The van der Waals surface area contributed by atoms with Crippen LogP contribution in [0.5, 0.6) is 0 Å². The van der Waals surface area contributed by atoms with E-state index in [0.717, 1.165) is 30.6 Å². The molecular weight excluding hydrogens is 510 g/mol. The van der Waals surface area contributed by atoms with Gasteiger partial charge in [-0.15, -0.1) is 0 Å². The zero-order valence-electron chi connectivity index (χ0n) is 27.0. The summed E-state index contributed by atoms with van der Waals surface area (Å²) >= 11 is 0. The average Bonchev–Trinajstić information content (AvgIpc) is 3.42. The molecule has 0 aromatic heterocycles. The van der Waals surface area contributed by atoms with Crippen molar-refractivity contribution < 1.29 is 0 Å². The van der Waals surface area contributed by atoms with Gasteiger partial charge in [-0.3, -0.25) is 0 Å². The summed E-state index contributed by atoms with van der Waals surface area (Å²) in [5, 5.41) is 3.08. The highest BCUT2D eigenvalue weighted by Gasteiger charge is 2.08. The molecule has 4 rings (SSSR count). The van der Waals surface area contributed by atoms with Gasteiger partial charge in [-0.1, -0.05) is 106 Å². The molecule has 3 nitrogen and oxygen atoms in total. The predicted octanol–water partition coefficient (Wildman–Crippen LogP) is 9.83. The van der Waals surface area contributed by atoms with Crippen LogP contribution in [0.4, 0.5) is 11.4 Å². The number of benzene rings is 3. The fourth-order valence-corrected chi connectivity index (χ4v) is 4.12. The molecule has 0 spiro atoms. The van der Waals surface area contributed by atoms with E-state index in [1.807, 2.05) is 55.6 Å². The van der Waals surface area contributed by atoms with Crippen LogP contribution in [-0.2, 0) is 12.8 Å². The Morgan fingerprint density at radius 1 is 0.881 bits per heavy atom. The molecule has 0 saturated carbocycles. The molecule has 1 aliphatic heterocycles. The zero-order chi connectivity index (χ0) is 31.3. The molecule has 1 fully saturated rings. The first-order valence-corrected chi connectivity index (χ1v) is 14.8. The standard InChI is InChI=1S/C13H15N.C11H14.C9H13N.C6H11N/c1-4-6-11-14(3)13-9-7-12(5-2)8-10-13;1-4-10-7-6-9(3)11(5-2)8-10;1-3-8-4-6-9(10-2)7-5-8;1-6-3-4-7(2)5-6/h4-11H,1-2H2,3H3;4,6-8H,1,5H2,2-3H3;4-7,10H,3H2,1-2H3;1,3-5H2,2H3/b11-6-;;;. The average molecular weight is 564 g/mol. The number of anilines is 2. The predicted molar refractivity (Wildman–Crippen MR) is 192 cm³/mol. The Kier molecular flexibility index (Phi) is 17.8. The fraction of sp³-hybridized carbons (Fsp3) is 0.282. The highest BCUT2D eigenvalue weighted by Crippen LogP contribution is 2.15. The molecule has 224 valence electrons. The zero-order valence-corrected chi connectivity index (χ0v) is 27.0. The maximum absolute atomic E-state index is 3.86. The van der Waals surface area contributed by atoms with Gasteiger partial charge >= 0.3 is 0 Å². The lowest BCUT2D eigenvalue weighted by Crippen LogP contribution is -2.11. The lowest BCUT2D eigenvalue weighted by molar-refractivity contribution is 0.425. The van der Waals surface area contributed by atoms with Crippen LogP contribution in [0, 0.1) is 6.92 Å². The molecule has 1 aliphatic rings. The topological polar surface area (TPSA) is 18.5 Å². The first kappa shape index (κ1) is 35.9. The summed E-state index contributed by atoms with van der Waals surface area (Å²) in [6.07, 6.45) is 12.8. The summed E-state index contributed by atoms with van der Waals surface area (Å²) in [7, 11) is 6.06. The summed E-state index contributed by atoms with van der Waals surface area (Å²) in [5.74, 6) is 0. The van der Waals surface area contributed by atoms with Crippen LogP contribution in [-0.4, -0.2) is 39.1 Å². The Labute approximate surface area is 257 Å². The number of hydrogen-bond acceptors (Lipinski definition) is 3. The third kappa shape index (κ3) is 14.0. The number of likely N-dealkylation sites (tertiary alicyclic amines) is 1. The number of allylic oxidation sites excluding steroid dienone is 2. The molecule has 3 aromatic rings. The molecule has 42 heavy (non-hydrogen) atoms. The SMILES string of the molecule is C=C/C=C\N(C)c1ccc(C=C)cc1.C=C1CCN(C)C1.C=Cc1ccc(C)c(CC)c1.CCc1ccc(NC)cc1. The third-order valence-electron chi connectivity index (χ3n) is 6.96. The first-order valence-electron chi connectivity index (χ1n) is 14.8. The van der Waals surface area contributed by atoms with Gasteiger partial charge in [0.05, 0.1) is 0 Å². The van der Waals surface area contributed by atoms with Crippen molar-refractivity contribution in [2.45, 2.75) is 40.0 Å². The number of hydrogen-bond donors (Lipinski definition) is 1. The van der Waals surface area contributed by atoms with Crippen LogP contribution < -0.4 is 10.2 Å². The Morgan fingerprint density at radius 3 is 1.93 bits per heavy atom. The van der Waals surface area contributed by atoms with E-state index in [4.69, 9.17) is 0 Å². The minimum Gasteiger partial charge on any atom is -0.388 e. The monoisotopic (exact) mass is 563 g/mol. The molecule has 0 atom stereocenters. The van der Waals surface area contributed by atoms with Gasteiger partial charge < -0.3 is 15.1 Å². The third-order valence-corrected chi connectivity index (χ3v) is 6.96. The number of rotatable bonds is 8. The number of aryl methyl sites for hydroxylation is 3. The highest BCUT2D eigenvalue weighted by molar-refractivity contribution is 5.55. The van der Waals surface area contributed by atoms with Crippen molar-refractivity contribution in [1.29, 1.82) is 0 Å². The van der Waals surface area contributed by atoms with E-state index in [1.54, 1.807) is 6.08 Å². The van der Waals surface area contributed by atoms with Gasteiger partial charge in [0.15, 0.2) is 0 Å². The van der Waals surface area contributed by atoms with Gasteiger partial charge in [0.25, 0.3) is 0 Å². The van der Waals surface area contributed by atoms with Gasteiger partial charge in [-0.2, -0.15) is 0 Å². The number of likely N-dealkylation sites (N-methyl/N-ethyl adjacent to an activating group) is 1. The summed E-state index contributed by atoms with van der Waals surface area (Å²) in [5.41, 5.74) is 10.2. The van der Waals surface area contributed by atoms with E-state index in [2.05, 4.69) is 119 Å². The van der Waals surface area contributed by atoms with E-state index >= 15 is 0 Å². The second kappa shape index (κ2) is 20.7. The number of nitrogens with zero attached hydrogens (tertiary/aromatic N) is 2. The normalized spacial score (nSPS) is 12.1. The van der Waals surface area contributed by atoms with Gasteiger partial charge in [0, 0.05) is 44.8 Å². The molecule has 0 amide bonds. The summed E-state index contributed by atoms with van der Waals surface area (Å²) < 4.78 is 0. The molecule has 0 unspecified atom stereocenters. The van der Waals surface area contributed by atoms with Gasteiger partial charge in [0.2, 0.25) is 0 Å². The van der Waals surface area contributed by atoms with E-state index in [9.17, 15) is 0 Å². The Morgan fingerprint density at radius 2 is 1.50 bits per heavy atom. The van der Waals surface area contributed by atoms with Crippen molar-refractivity contribution in [3.05, 3.63) is 145 Å². The summed E-state index contributed by atoms with van der Waals surface area (Å²) in [6.45, 7) is 23.7. The van der Waals surface area contributed by atoms with Crippen molar-refractivity contribution >= 4 is 23.5 Å². The van der Waals surface area contributed by atoms with E-state index in [-0.39, 0.29) is 0 Å². The Balaban J connectivity index is 0.000000287. The minimum atomic E-state index is 1.10. The van der Waals surface area contributed by atoms with Gasteiger partial charge in [-0.05, 0) is 91.4 Å². The van der Waals surface area contributed by atoms with Crippen LogP contribution in [0.3, 0.4) is 0 Å². The van der Waals surface area contributed by atoms with Crippen LogP contribution >= 0.6 is 0 Å². The summed E-state index contributed by atoms with van der Waals surface area (Å²) in [4.78, 5) is 4.32. The molecule has 3 heteroatoms. The second-order valence-electron chi connectivity index (χ2n) is 10.3.